The molecule has 2 nitrogen and oxygen atoms in total. The third-order valence-corrected chi connectivity index (χ3v) is 4.93. The molecule has 0 aliphatic carbocycles. The normalized spacial score (nSPS) is 18.3. The molecule has 6 heteroatoms. The molecule has 108 valence electrons. The summed E-state index contributed by atoms with van der Waals surface area (Å²) in [6, 6.07) is 10.8. The molecule has 0 radical (unpaired) electrons. The predicted octanol–water partition coefficient (Wildman–Crippen LogP) is 4.51. The van der Waals surface area contributed by atoms with E-state index < -0.39 is 11.6 Å². The van der Waals surface area contributed by atoms with E-state index >= 15 is 0 Å². The first-order valence-corrected chi connectivity index (χ1v) is 8.04. The maximum absolute atomic E-state index is 14.0. The summed E-state index contributed by atoms with van der Waals surface area (Å²) < 4.78 is 28.0. The first-order chi connectivity index (χ1) is 10.1. The lowest BCUT2D eigenvalue weighted by Crippen LogP contribution is -2.28. The van der Waals surface area contributed by atoms with Gasteiger partial charge in [0.25, 0.3) is 0 Å². The maximum atomic E-state index is 14.0. The number of amides is 1. The third kappa shape index (κ3) is 2.82. The van der Waals surface area contributed by atoms with Crippen LogP contribution in [0.4, 0.5) is 14.5 Å². The van der Waals surface area contributed by atoms with Gasteiger partial charge in [0, 0.05) is 10.5 Å². The van der Waals surface area contributed by atoms with Gasteiger partial charge in [-0.05, 0) is 29.8 Å². The molecule has 1 aliphatic rings. The quantitative estimate of drug-likeness (QED) is 0.776. The van der Waals surface area contributed by atoms with Crippen molar-refractivity contribution in [3.8, 4) is 0 Å². The summed E-state index contributed by atoms with van der Waals surface area (Å²) in [5, 5.41) is -0.300. The van der Waals surface area contributed by atoms with Crippen molar-refractivity contribution in [2.75, 3.05) is 10.7 Å². The Morgan fingerprint density at radius 3 is 2.52 bits per heavy atom. The minimum Gasteiger partial charge on any atom is -0.292 e. The van der Waals surface area contributed by atoms with Crippen LogP contribution >= 0.6 is 27.7 Å². The molecule has 1 aliphatic heterocycles. The van der Waals surface area contributed by atoms with Crippen molar-refractivity contribution in [3.05, 3.63) is 64.1 Å². The fraction of sp³-hybridized carbons (Fsp3) is 0.133. The molecule has 1 atom stereocenters. The van der Waals surface area contributed by atoms with Gasteiger partial charge < -0.3 is 0 Å². The van der Waals surface area contributed by atoms with Gasteiger partial charge in [-0.1, -0.05) is 28.1 Å². The van der Waals surface area contributed by atoms with Crippen molar-refractivity contribution in [1.29, 1.82) is 0 Å². The van der Waals surface area contributed by atoms with Crippen LogP contribution in [0.2, 0.25) is 0 Å². The SMILES string of the molecule is O=C1CS[C@H](c2ccc(Br)cc2)N1c1ccc(F)cc1F. The summed E-state index contributed by atoms with van der Waals surface area (Å²) in [5.74, 6) is -1.29. The van der Waals surface area contributed by atoms with Gasteiger partial charge in [-0.25, -0.2) is 8.78 Å². The molecule has 0 saturated carbocycles. The second-order valence-corrected chi connectivity index (χ2v) is 6.56. The van der Waals surface area contributed by atoms with Gasteiger partial charge >= 0.3 is 0 Å². The van der Waals surface area contributed by atoms with Crippen molar-refractivity contribution < 1.29 is 13.6 Å². The Balaban J connectivity index is 2.01. The third-order valence-electron chi connectivity index (χ3n) is 3.19. The number of carbonyl (C=O) groups excluding carboxylic acids is 1. The van der Waals surface area contributed by atoms with Crippen LogP contribution in [0.3, 0.4) is 0 Å². The molecular formula is C15H10BrF2NOS. The number of anilines is 1. The van der Waals surface area contributed by atoms with E-state index in [1.165, 1.54) is 22.7 Å². The predicted molar refractivity (Wildman–Crippen MR) is 83.2 cm³/mol. The molecule has 0 bridgehead atoms. The molecule has 1 saturated heterocycles. The van der Waals surface area contributed by atoms with Crippen molar-refractivity contribution in [3.63, 3.8) is 0 Å². The van der Waals surface area contributed by atoms with Crippen LogP contribution in [-0.2, 0) is 4.79 Å². The Morgan fingerprint density at radius 2 is 1.86 bits per heavy atom. The Morgan fingerprint density at radius 1 is 1.14 bits per heavy atom. The van der Waals surface area contributed by atoms with Gasteiger partial charge in [0.2, 0.25) is 5.91 Å². The number of hydrogen-bond acceptors (Lipinski definition) is 2. The minimum atomic E-state index is -0.729. The molecule has 0 aromatic heterocycles. The van der Waals surface area contributed by atoms with Gasteiger partial charge in [-0.3, -0.25) is 9.69 Å². The van der Waals surface area contributed by atoms with E-state index in [4.69, 9.17) is 0 Å². The number of halogens is 3. The smallest absolute Gasteiger partial charge is 0.238 e. The van der Waals surface area contributed by atoms with Crippen LogP contribution < -0.4 is 4.90 Å². The fourth-order valence-electron chi connectivity index (χ4n) is 2.24. The summed E-state index contributed by atoms with van der Waals surface area (Å²) in [4.78, 5) is 13.5. The van der Waals surface area contributed by atoms with Crippen LogP contribution in [0.15, 0.2) is 46.9 Å². The second kappa shape index (κ2) is 5.77. The lowest BCUT2D eigenvalue weighted by molar-refractivity contribution is -0.115. The van der Waals surface area contributed by atoms with E-state index in [2.05, 4.69) is 15.9 Å². The van der Waals surface area contributed by atoms with Gasteiger partial charge in [0.1, 0.15) is 17.0 Å². The average molecular weight is 370 g/mol. The van der Waals surface area contributed by atoms with Gasteiger partial charge in [0.05, 0.1) is 11.4 Å². The fourth-order valence-corrected chi connectivity index (χ4v) is 3.67. The monoisotopic (exact) mass is 369 g/mol. The molecule has 0 spiro atoms. The van der Waals surface area contributed by atoms with Crippen LogP contribution in [-0.4, -0.2) is 11.7 Å². The molecule has 0 N–H and O–H groups in total. The molecule has 21 heavy (non-hydrogen) atoms. The number of hydrogen-bond donors (Lipinski definition) is 0. The number of benzene rings is 2. The summed E-state index contributed by atoms with van der Waals surface area (Å²) in [7, 11) is 0. The van der Waals surface area contributed by atoms with E-state index in [9.17, 15) is 13.6 Å². The van der Waals surface area contributed by atoms with Crippen molar-refractivity contribution in [2.45, 2.75) is 5.37 Å². The highest BCUT2D eigenvalue weighted by Crippen LogP contribution is 2.42. The topological polar surface area (TPSA) is 20.3 Å². The number of nitrogens with zero attached hydrogens (tertiary/aromatic N) is 1. The first kappa shape index (κ1) is 14.5. The van der Waals surface area contributed by atoms with Crippen LogP contribution in [0.5, 0.6) is 0 Å². The molecular weight excluding hydrogens is 360 g/mol. The Hall–Kier alpha value is -1.40. The molecule has 1 amide bonds. The highest BCUT2D eigenvalue weighted by atomic mass is 79.9. The Labute approximate surface area is 133 Å². The highest BCUT2D eigenvalue weighted by Gasteiger charge is 2.35. The molecule has 2 aromatic carbocycles. The summed E-state index contributed by atoms with van der Waals surface area (Å²) in [6.07, 6.45) is 0. The van der Waals surface area contributed by atoms with Gasteiger partial charge in [-0.15, -0.1) is 11.8 Å². The minimum absolute atomic E-state index is 0.110. The average Bonchev–Trinajstić information content (AvgIpc) is 2.82. The molecule has 0 unspecified atom stereocenters. The molecule has 1 heterocycles. The first-order valence-electron chi connectivity index (χ1n) is 6.20. The van der Waals surface area contributed by atoms with E-state index in [1.807, 2.05) is 24.3 Å². The Kier molecular flexibility index (Phi) is 3.99. The second-order valence-electron chi connectivity index (χ2n) is 4.57. The van der Waals surface area contributed by atoms with Crippen LogP contribution in [0.25, 0.3) is 0 Å². The van der Waals surface area contributed by atoms with Crippen LogP contribution in [0.1, 0.15) is 10.9 Å². The van der Waals surface area contributed by atoms with E-state index in [1.54, 1.807) is 0 Å². The summed E-state index contributed by atoms with van der Waals surface area (Å²) in [6.45, 7) is 0. The van der Waals surface area contributed by atoms with Crippen LogP contribution in [0, 0.1) is 11.6 Å². The maximum Gasteiger partial charge on any atom is 0.238 e. The summed E-state index contributed by atoms with van der Waals surface area (Å²) in [5.41, 5.74) is 1.01. The lowest BCUT2D eigenvalue weighted by Gasteiger charge is -2.24. The number of rotatable bonds is 2. The van der Waals surface area contributed by atoms with E-state index in [0.717, 1.165) is 22.2 Å². The molecule has 2 aromatic rings. The lowest BCUT2D eigenvalue weighted by atomic mass is 10.2. The van der Waals surface area contributed by atoms with Crippen molar-refractivity contribution in [1.82, 2.24) is 0 Å². The zero-order chi connectivity index (χ0) is 15.0. The number of carbonyl (C=O) groups is 1. The van der Waals surface area contributed by atoms with Gasteiger partial charge in [0.15, 0.2) is 0 Å². The van der Waals surface area contributed by atoms with E-state index in [-0.39, 0.29) is 22.7 Å². The standard InChI is InChI=1S/C15H10BrF2NOS/c16-10-3-1-9(2-4-10)15-19(14(20)8-21-15)13-6-5-11(17)7-12(13)18/h1-7,15H,8H2/t15-/m1/s1. The highest BCUT2D eigenvalue weighted by molar-refractivity contribution is 9.10. The largest absolute Gasteiger partial charge is 0.292 e. The summed E-state index contributed by atoms with van der Waals surface area (Å²) >= 11 is 4.78. The molecule has 3 rings (SSSR count). The zero-order valence-electron chi connectivity index (χ0n) is 10.7. The van der Waals surface area contributed by atoms with Gasteiger partial charge in [-0.2, -0.15) is 0 Å². The number of thioether (sulfide) groups is 1. The zero-order valence-corrected chi connectivity index (χ0v) is 13.1. The Bertz CT molecular complexity index is 693. The van der Waals surface area contributed by atoms with Crippen molar-refractivity contribution in [2.24, 2.45) is 0 Å². The molecule has 1 fully saturated rings. The van der Waals surface area contributed by atoms with Crippen molar-refractivity contribution >= 4 is 39.3 Å². The van der Waals surface area contributed by atoms with E-state index in [0.29, 0.717) is 0 Å².